The zero-order valence-electron chi connectivity index (χ0n) is 12.5. The van der Waals surface area contributed by atoms with Crippen LogP contribution in [0.1, 0.15) is 44.2 Å². The summed E-state index contributed by atoms with van der Waals surface area (Å²) in [5.74, 6) is 0.225. The normalized spacial score (nSPS) is 16.7. The van der Waals surface area contributed by atoms with E-state index in [1.54, 1.807) is 6.07 Å². The number of hydrogen-bond acceptors (Lipinski definition) is 4. The Morgan fingerprint density at radius 1 is 1.30 bits per heavy atom. The summed E-state index contributed by atoms with van der Waals surface area (Å²) in [6.07, 6.45) is 9.65. The second kappa shape index (κ2) is 8.22. The van der Waals surface area contributed by atoms with E-state index in [0.29, 0.717) is 0 Å². The molecule has 1 heterocycles. The zero-order valence-corrected chi connectivity index (χ0v) is 12.5. The first-order valence-electron chi connectivity index (χ1n) is 7.80. The zero-order chi connectivity index (χ0) is 14.2. The molecule has 0 aromatic carbocycles. The first-order chi connectivity index (χ1) is 9.75. The van der Waals surface area contributed by atoms with Crippen molar-refractivity contribution in [2.24, 2.45) is 0 Å². The first-order valence-corrected chi connectivity index (χ1v) is 7.80. The molecule has 4 nitrogen and oxygen atoms in total. The number of rotatable bonds is 7. The van der Waals surface area contributed by atoms with E-state index in [4.69, 9.17) is 5.11 Å². The van der Waals surface area contributed by atoms with Gasteiger partial charge in [-0.05, 0) is 51.5 Å². The quantitative estimate of drug-likeness (QED) is 0.752. The van der Waals surface area contributed by atoms with Crippen molar-refractivity contribution in [3.05, 3.63) is 24.0 Å². The number of nitrogens with zero attached hydrogens (tertiary/aromatic N) is 2. The summed E-state index contributed by atoms with van der Waals surface area (Å²) in [7, 11) is 2.26. The highest BCUT2D eigenvalue weighted by Gasteiger charge is 2.16. The molecule has 0 spiro atoms. The predicted molar refractivity (Wildman–Crippen MR) is 81.7 cm³/mol. The van der Waals surface area contributed by atoms with Crippen molar-refractivity contribution in [2.75, 3.05) is 20.1 Å². The van der Waals surface area contributed by atoms with Gasteiger partial charge in [0.05, 0.1) is 11.9 Å². The molecule has 0 atom stereocenters. The highest BCUT2D eigenvalue weighted by Crippen LogP contribution is 2.21. The Morgan fingerprint density at radius 2 is 2.10 bits per heavy atom. The van der Waals surface area contributed by atoms with Crippen molar-refractivity contribution >= 4 is 0 Å². The van der Waals surface area contributed by atoms with Crippen molar-refractivity contribution in [3.63, 3.8) is 0 Å². The number of nitrogens with one attached hydrogen (secondary N) is 1. The Balaban J connectivity index is 1.55. The minimum Gasteiger partial charge on any atom is -0.506 e. The summed E-state index contributed by atoms with van der Waals surface area (Å²) in [6.45, 7) is 2.95. The number of aromatic hydroxyl groups is 1. The molecule has 1 fully saturated rings. The molecule has 1 saturated carbocycles. The van der Waals surface area contributed by atoms with E-state index < -0.39 is 0 Å². The Morgan fingerprint density at radius 3 is 2.80 bits per heavy atom. The molecule has 0 radical (unpaired) electrons. The molecule has 1 aromatic rings. The van der Waals surface area contributed by atoms with Gasteiger partial charge in [-0.15, -0.1) is 0 Å². The Kier molecular flexibility index (Phi) is 6.27. The van der Waals surface area contributed by atoms with Gasteiger partial charge in [-0.25, -0.2) is 0 Å². The van der Waals surface area contributed by atoms with E-state index in [1.807, 2.05) is 6.07 Å². The third kappa shape index (κ3) is 5.10. The van der Waals surface area contributed by atoms with Crippen LogP contribution in [0.25, 0.3) is 0 Å². The van der Waals surface area contributed by atoms with Gasteiger partial charge in [-0.1, -0.05) is 19.3 Å². The van der Waals surface area contributed by atoms with Crippen LogP contribution < -0.4 is 5.32 Å². The van der Waals surface area contributed by atoms with E-state index in [0.717, 1.165) is 24.8 Å². The summed E-state index contributed by atoms with van der Waals surface area (Å²) in [6, 6.07) is 4.35. The van der Waals surface area contributed by atoms with Gasteiger partial charge in [0.2, 0.25) is 0 Å². The van der Waals surface area contributed by atoms with Crippen LogP contribution in [-0.2, 0) is 6.54 Å². The summed E-state index contributed by atoms with van der Waals surface area (Å²) < 4.78 is 0. The van der Waals surface area contributed by atoms with Gasteiger partial charge in [-0.2, -0.15) is 0 Å². The lowest BCUT2D eigenvalue weighted by Crippen LogP contribution is -2.35. The second-order valence-electron chi connectivity index (χ2n) is 5.81. The molecule has 2 rings (SSSR count). The fourth-order valence-electron chi connectivity index (χ4n) is 2.90. The number of pyridine rings is 1. The molecule has 1 aliphatic rings. The van der Waals surface area contributed by atoms with Crippen molar-refractivity contribution < 1.29 is 5.11 Å². The van der Waals surface area contributed by atoms with Crippen LogP contribution in [0.5, 0.6) is 5.75 Å². The lowest BCUT2D eigenvalue weighted by atomic mass is 9.94. The van der Waals surface area contributed by atoms with Crippen molar-refractivity contribution in [2.45, 2.75) is 51.1 Å². The van der Waals surface area contributed by atoms with Crippen LogP contribution in [0, 0.1) is 0 Å². The summed E-state index contributed by atoms with van der Waals surface area (Å²) in [5, 5.41) is 12.6. The standard InChI is InChI=1S/C16H27N3O/c1-19(15-6-3-2-4-7-15)11-5-10-17-12-14-8-9-16(20)13-18-14/h8-9,13,15,17,20H,2-7,10-12H2,1H3. The molecule has 2 N–H and O–H groups in total. The predicted octanol–water partition coefficient (Wildman–Crippen LogP) is 2.53. The molecule has 4 heteroatoms. The summed E-state index contributed by atoms with van der Waals surface area (Å²) in [5.41, 5.74) is 0.975. The van der Waals surface area contributed by atoms with Gasteiger partial charge < -0.3 is 15.3 Å². The molecular weight excluding hydrogens is 250 g/mol. The van der Waals surface area contributed by atoms with Crippen LogP contribution >= 0.6 is 0 Å². The van der Waals surface area contributed by atoms with E-state index in [9.17, 15) is 0 Å². The van der Waals surface area contributed by atoms with E-state index in [-0.39, 0.29) is 5.75 Å². The fourth-order valence-corrected chi connectivity index (χ4v) is 2.90. The van der Waals surface area contributed by atoms with Gasteiger partial charge in [0.25, 0.3) is 0 Å². The molecule has 1 aromatic heterocycles. The lowest BCUT2D eigenvalue weighted by molar-refractivity contribution is 0.189. The third-order valence-corrected chi connectivity index (χ3v) is 4.18. The molecule has 0 amide bonds. The largest absolute Gasteiger partial charge is 0.506 e. The van der Waals surface area contributed by atoms with E-state index >= 15 is 0 Å². The first kappa shape index (κ1) is 15.3. The maximum Gasteiger partial charge on any atom is 0.133 e. The Hall–Kier alpha value is -1.13. The van der Waals surface area contributed by atoms with Crippen LogP contribution in [0.3, 0.4) is 0 Å². The maximum absolute atomic E-state index is 9.16. The smallest absolute Gasteiger partial charge is 0.133 e. The fraction of sp³-hybridized carbons (Fsp3) is 0.688. The van der Waals surface area contributed by atoms with Gasteiger partial charge >= 0.3 is 0 Å². The highest BCUT2D eigenvalue weighted by atomic mass is 16.3. The topological polar surface area (TPSA) is 48.4 Å². The lowest BCUT2D eigenvalue weighted by Gasteiger charge is -2.31. The van der Waals surface area contributed by atoms with Gasteiger partial charge in [0.1, 0.15) is 5.75 Å². The highest BCUT2D eigenvalue weighted by molar-refractivity contribution is 5.17. The minimum atomic E-state index is 0.225. The van der Waals surface area contributed by atoms with Gasteiger partial charge in [-0.3, -0.25) is 4.98 Å². The third-order valence-electron chi connectivity index (χ3n) is 4.18. The molecule has 1 aliphatic carbocycles. The molecule has 112 valence electrons. The average molecular weight is 277 g/mol. The second-order valence-corrected chi connectivity index (χ2v) is 5.81. The molecule has 0 bridgehead atoms. The maximum atomic E-state index is 9.16. The average Bonchev–Trinajstić information content (AvgIpc) is 2.49. The van der Waals surface area contributed by atoms with E-state index in [1.165, 1.54) is 51.3 Å². The number of aromatic nitrogens is 1. The number of hydrogen-bond donors (Lipinski definition) is 2. The summed E-state index contributed by atoms with van der Waals surface area (Å²) in [4.78, 5) is 6.69. The molecule has 0 unspecified atom stereocenters. The SMILES string of the molecule is CN(CCCNCc1ccc(O)cn1)C1CCCCC1. The Labute approximate surface area is 122 Å². The van der Waals surface area contributed by atoms with Crippen LogP contribution in [0.2, 0.25) is 0 Å². The van der Waals surface area contributed by atoms with Crippen molar-refractivity contribution in [1.82, 2.24) is 15.2 Å². The molecular formula is C16H27N3O. The van der Waals surface area contributed by atoms with E-state index in [2.05, 4.69) is 22.2 Å². The monoisotopic (exact) mass is 277 g/mol. The molecule has 0 saturated heterocycles. The Bertz CT molecular complexity index is 374. The summed E-state index contributed by atoms with van der Waals surface area (Å²) >= 11 is 0. The van der Waals surface area contributed by atoms with Crippen LogP contribution in [0.15, 0.2) is 18.3 Å². The van der Waals surface area contributed by atoms with Gasteiger partial charge in [0.15, 0.2) is 0 Å². The van der Waals surface area contributed by atoms with Crippen LogP contribution in [0.4, 0.5) is 0 Å². The molecule has 0 aliphatic heterocycles. The van der Waals surface area contributed by atoms with Crippen LogP contribution in [-0.4, -0.2) is 41.2 Å². The van der Waals surface area contributed by atoms with Gasteiger partial charge in [0, 0.05) is 12.6 Å². The van der Waals surface area contributed by atoms with Crippen molar-refractivity contribution in [3.8, 4) is 5.75 Å². The molecule has 20 heavy (non-hydrogen) atoms. The minimum absolute atomic E-state index is 0.225. The van der Waals surface area contributed by atoms with Crippen molar-refractivity contribution in [1.29, 1.82) is 0 Å².